The van der Waals surface area contributed by atoms with E-state index in [4.69, 9.17) is 23.1 Å². The largest absolute Gasteiger partial charge is 0.476 e. The second-order valence-electron chi connectivity index (χ2n) is 2.25. The molecule has 1 rings (SSSR count). The average Bonchev–Trinajstić information content (AvgIpc) is 2.16. The number of hydrogen-bond acceptors (Lipinski definition) is 4. The molecule has 0 fully saturated rings. The lowest BCUT2D eigenvalue weighted by Gasteiger charge is -2.04. The van der Waals surface area contributed by atoms with Gasteiger partial charge in [0.25, 0.3) is 0 Å². The Morgan fingerprint density at radius 3 is 3.00 bits per heavy atom. The third-order valence-electron chi connectivity index (χ3n) is 1.35. The molecule has 1 aromatic rings. The second-order valence-corrected chi connectivity index (χ2v) is 2.63. The van der Waals surface area contributed by atoms with Gasteiger partial charge in [0.05, 0.1) is 6.54 Å². The van der Waals surface area contributed by atoms with Crippen molar-refractivity contribution in [1.82, 2.24) is 9.97 Å². The summed E-state index contributed by atoms with van der Waals surface area (Å²) < 4.78 is 0. The lowest BCUT2D eigenvalue weighted by atomic mass is 10.4. The van der Waals surface area contributed by atoms with Gasteiger partial charge in [0, 0.05) is 0 Å². The monoisotopic (exact) mass is 211 g/mol. The number of nitrogens with one attached hydrogen (secondary N) is 1. The van der Waals surface area contributed by atoms with Crippen LogP contribution in [0.3, 0.4) is 0 Å². The molecule has 2 N–H and O–H groups in total. The van der Waals surface area contributed by atoms with E-state index in [-0.39, 0.29) is 23.1 Å². The molecule has 0 saturated heterocycles. The Hall–Kier alpha value is -1.80. The van der Waals surface area contributed by atoms with Gasteiger partial charge in [-0.2, -0.15) is 0 Å². The highest BCUT2D eigenvalue weighted by Crippen LogP contribution is 2.21. The van der Waals surface area contributed by atoms with Gasteiger partial charge in [0.1, 0.15) is 17.2 Å². The summed E-state index contributed by atoms with van der Waals surface area (Å²) in [7, 11) is 0. The normalized spacial score (nSPS) is 9.14. The van der Waals surface area contributed by atoms with Crippen molar-refractivity contribution in [3.63, 3.8) is 0 Å². The van der Waals surface area contributed by atoms with Gasteiger partial charge in [-0.25, -0.2) is 14.8 Å². The SMILES string of the molecule is C#CCNc1ncnc(C(=O)O)c1Cl. The molecule has 0 atom stereocenters. The van der Waals surface area contributed by atoms with Gasteiger partial charge in [-0.15, -0.1) is 6.42 Å². The molecule has 1 heterocycles. The van der Waals surface area contributed by atoms with E-state index in [0.717, 1.165) is 6.33 Å². The summed E-state index contributed by atoms with van der Waals surface area (Å²) in [5.74, 6) is 1.33. The molecule has 0 aliphatic carbocycles. The minimum atomic E-state index is -1.21. The van der Waals surface area contributed by atoms with E-state index in [1.165, 1.54) is 0 Å². The van der Waals surface area contributed by atoms with E-state index in [2.05, 4.69) is 21.2 Å². The first-order valence-electron chi connectivity index (χ1n) is 3.58. The molecular weight excluding hydrogens is 206 g/mol. The molecule has 72 valence electrons. The minimum absolute atomic E-state index is 0.0461. The highest BCUT2D eigenvalue weighted by Gasteiger charge is 2.14. The molecule has 0 spiro atoms. The molecule has 5 nitrogen and oxygen atoms in total. The highest BCUT2D eigenvalue weighted by molar-refractivity contribution is 6.35. The van der Waals surface area contributed by atoms with Crippen LogP contribution in [-0.2, 0) is 0 Å². The molecule has 0 bridgehead atoms. The summed E-state index contributed by atoms with van der Waals surface area (Å²) >= 11 is 5.70. The zero-order valence-electron chi connectivity index (χ0n) is 6.99. The van der Waals surface area contributed by atoms with E-state index >= 15 is 0 Å². The number of anilines is 1. The first-order chi connectivity index (χ1) is 6.66. The van der Waals surface area contributed by atoms with Crippen LogP contribution in [0.15, 0.2) is 6.33 Å². The molecule has 0 unspecified atom stereocenters. The van der Waals surface area contributed by atoms with Gasteiger partial charge in [0.2, 0.25) is 0 Å². The summed E-state index contributed by atoms with van der Waals surface area (Å²) in [5, 5.41) is 11.3. The number of rotatable bonds is 3. The first kappa shape index (κ1) is 10.3. The van der Waals surface area contributed by atoms with Gasteiger partial charge in [-0.05, 0) is 0 Å². The van der Waals surface area contributed by atoms with E-state index in [1.54, 1.807) is 0 Å². The second kappa shape index (κ2) is 4.44. The molecule has 0 aliphatic heterocycles. The fraction of sp³-hybridized carbons (Fsp3) is 0.125. The Morgan fingerprint density at radius 1 is 1.71 bits per heavy atom. The van der Waals surface area contributed by atoms with E-state index in [1.807, 2.05) is 0 Å². The molecule has 0 aromatic carbocycles. The van der Waals surface area contributed by atoms with Crippen LogP contribution in [-0.4, -0.2) is 27.6 Å². The third kappa shape index (κ3) is 2.12. The molecule has 1 aromatic heterocycles. The van der Waals surface area contributed by atoms with Crippen LogP contribution in [0.2, 0.25) is 5.02 Å². The summed E-state index contributed by atoms with van der Waals surface area (Å²) in [6.07, 6.45) is 6.11. The van der Waals surface area contributed by atoms with E-state index in [9.17, 15) is 4.79 Å². The highest BCUT2D eigenvalue weighted by atomic mass is 35.5. The lowest BCUT2D eigenvalue weighted by molar-refractivity contribution is 0.0690. The Kier molecular flexibility index (Phi) is 3.26. The number of aromatic carboxylic acids is 1. The number of carboxylic acids is 1. The van der Waals surface area contributed by atoms with Crippen molar-refractivity contribution < 1.29 is 9.90 Å². The maximum atomic E-state index is 10.6. The van der Waals surface area contributed by atoms with Gasteiger partial charge < -0.3 is 10.4 Å². The quantitative estimate of drug-likeness (QED) is 0.726. The third-order valence-corrected chi connectivity index (χ3v) is 1.71. The fourth-order valence-electron chi connectivity index (χ4n) is 0.777. The summed E-state index contributed by atoms with van der Waals surface area (Å²) in [4.78, 5) is 17.9. The van der Waals surface area contributed by atoms with Gasteiger partial charge in [-0.3, -0.25) is 0 Å². The van der Waals surface area contributed by atoms with Crippen molar-refractivity contribution in [3.05, 3.63) is 17.0 Å². The Labute approximate surface area is 85.1 Å². The fourth-order valence-corrected chi connectivity index (χ4v) is 1.02. The van der Waals surface area contributed by atoms with Crippen LogP contribution in [0, 0.1) is 12.3 Å². The minimum Gasteiger partial charge on any atom is -0.476 e. The molecule has 0 aliphatic rings. The zero-order valence-corrected chi connectivity index (χ0v) is 7.75. The number of halogens is 1. The van der Waals surface area contributed by atoms with Crippen molar-refractivity contribution in [2.45, 2.75) is 0 Å². The van der Waals surface area contributed by atoms with E-state index in [0.29, 0.717) is 0 Å². The molecule has 0 amide bonds. The Bertz CT molecular complexity index is 400. The van der Waals surface area contributed by atoms with Gasteiger partial charge >= 0.3 is 5.97 Å². The molecule has 0 radical (unpaired) electrons. The van der Waals surface area contributed by atoms with Crippen LogP contribution in [0.5, 0.6) is 0 Å². The van der Waals surface area contributed by atoms with Crippen molar-refractivity contribution >= 4 is 23.4 Å². The molecule has 14 heavy (non-hydrogen) atoms. The van der Waals surface area contributed by atoms with Gasteiger partial charge in [0.15, 0.2) is 5.69 Å². The van der Waals surface area contributed by atoms with Crippen LogP contribution in [0.4, 0.5) is 5.82 Å². The van der Waals surface area contributed by atoms with Crippen LogP contribution in [0.25, 0.3) is 0 Å². The lowest BCUT2D eigenvalue weighted by Crippen LogP contribution is -2.07. The first-order valence-corrected chi connectivity index (χ1v) is 3.95. The average molecular weight is 212 g/mol. The van der Waals surface area contributed by atoms with Crippen LogP contribution in [0.1, 0.15) is 10.5 Å². The Morgan fingerprint density at radius 2 is 2.43 bits per heavy atom. The topological polar surface area (TPSA) is 75.1 Å². The standard InChI is InChI=1S/C8H6ClN3O2/c1-2-3-10-7-5(9)6(8(13)14)11-4-12-7/h1,4H,3H2,(H,13,14)(H,10,11,12). The number of carboxylic acid groups (broad SMARTS) is 1. The predicted octanol–water partition coefficient (Wildman–Crippen LogP) is 0.873. The van der Waals surface area contributed by atoms with Crippen molar-refractivity contribution in [3.8, 4) is 12.3 Å². The molecule has 0 saturated carbocycles. The maximum absolute atomic E-state index is 10.6. The number of carbonyl (C=O) groups is 1. The van der Waals surface area contributed by atoms with Crippen LogP contribution < -0.4 is 5.32 Å². The van der Waals surface area contributed by atoms with Crippen LogP contribution >= 0.6 is 11.6 Å². The molecule has 6 heteroatoms. The predicted molar refractivity (Wildman–Crippen MR) is 51.3 cm³/mol. The van der Waals surface area contributed by atoms with Crippen molar-refractivity contribution in [2.75, 3.05) is 11.9 Å². The summed E-state index contributed by atoms with van der Waals surface area (Å²) in [6.45, 7) is 0.218. The maximum Gasteiger partial charge on any atom is 0.356 e. The number of nitrogens with zero attached hydrogens (tertiary/aromatic N) is 2. The molecular formula is C8H6ClN3O2. The zero-order chi connectivity index (χ0) is 10.6. The number of terminal acetylenes is 1. The number of hydrogen-bond donors (Lipinski definition) is 2. The van der Waals surface area contributed by atoms with E-state index < -0.39 is 5.97 Å². The summed E-state index contributed by atoms with van der Waals surface area (Å²) in [5.41, 5.74) is -0.249. The smallest absolute Gasteiger partial charge is 0.356 e. The van der Waals surface area contributed by atoms with Crippen molar-refractivity contribution in [2.24, 2.45) is 0 Å². The summed E-state index contributed by atoms with van der Waals surface area (Å²) in [6, 6.07) is 0. The van der Waals surface area contributed by atoms with Crippen molar-refractivity contribution in [1.29, 1.82) is 0 Å². The Balaban J connectivity index is 3.02. The number of aromatic nitrogens is 2. The van der Waals surface area contributed by atoms with Gasteiger partial charge in [-0.1, -0.05) is 17.5 Å².